The van der Waals surface area contributed by atoms with E-state index in [0.29, 0.717) is 13.1 Å². The summed E-state index contributed by atoms with van der Waals surface area (Å²) in [7, 11) is 0. The van der Waals surface area contributed by atoms with Gasteiger partial charge in [0.25, 0.3) is 11.8 Å². The number of carbonyl (C=O) groups excluding carboxylic acids is 2. The van der Waals surface area contributed by atoms with Crippen LogP contribution in [-0.4, -0.2) is 22.0 Å². The Balaban J connectivity index is 0.00000400. The molecule has 3 rings (SSSR count). The number of benzene rings is 3. The lowest BCUT2D eigenvalue weighted by atomic mass is 9.81. The molecule has 0 saturated carbocycles. The molecule has 210 valence electrons. The summed E-state index contributed by atoms with van der Waals surface area (Å²) >= 11 is 0. The van der Waals surface area contributed by atoms with E-state index in [1.54, 1.807) is 24.3 Å². The van der Waals surface area contributed by atoms with E-state index >= 15 is 0 Å². The fourth-order valence-corrected chi connectivity index (χ4v) is 3.85. The standard InChI is InChI=1S/C30H30N4O4.2ClH/c1-3-29(37,27(35)33-19-23-13-9-21(17-31)10-14-23)25-7-5-6-8-26(25)30(38,4-2)28(36)34-20-24-15-11-22(18-32)12-16-24;;/h1-2,5-16,37-38H,17-20,31-32H2,(H,33,35)(H,34,36);2*1H. The number of amides is 2. The summed E-state index contributed by atoms with van der Waals surface area (Å²) in [5.41, 5.74) is 9.13. The molecular formula is C30H32Cl2N4O4. The first-order chi connectivity index (χ1) is 18.2. The van der Waals surface area contributed by atoms with Crippen molar-refractivity contribution >= 4 is 36.6 Å². The molecule has 8 N–H and O–H groups in total. The van der Waals surface area contributed by atoms with Crippen molar-refractivity contribution in [3.63, 3.8) is 0 Å². The Morgan fingerprint density at radius 2 is 0.950 bits per heavy atom. The minimum absolute atomic E-state index is 0. The number of rotatable bonds is 10. The summed E-state index contributed by atoms with van der Waals surface area (Å²) in [5.74, 6) is 2.35. The minimum atomic E-state index is -2.53. The van der Waals surface area contributed by atoms with Gasteiger partial charge in [-0.1, -0.05) is 84.6 Å². The molecule has 0 aliphatic carbocycles. The van der Waals surface area contributed by atoms with E-state index in [2.05, 4.69) is 22.5 Å². The Morgan fingerprint density at radius 1 is 0.650 bits per heavy atom. The summed E-state index contributed by atoms with van der Waals surface area (Å²) in [6, 6.07) is 20.1. The molecule has 0 aromatic heterocycles. The molecule has 0 saturated heterocycles. The van der Waals surface area contributed by atoms with Gasteiger partial charge >= 0.3 is 0 Å². The van der Waals surface area contributed by atoms with E-state index in [1.807, 2.05) is 24.3 Å². The fourth-order valence-electron chi connectivity index (χ4n) is 3.85. The average molecular weight is 584 g/mol. The van der Waals surface area contributed by atoms with E-state index in [4.69, 9.17) is 24.3 Å². The number of hydrogen-bond acceptors (Lipinski definition) is 6. The Hall–Kier alpha value is -3.86. The number of carbonyl (C=O) groups is 2. The molecule has 0 spiro atoms. The average Bonchev–Trinajstić information content (AvgIpc) is 2.98. The lowest BCUT2D eigenvalue weighted by molar-refractivity contribution is -0.138. The second kappa shape index (κ2) is 15.1. The van der Waals surface area contributed by atoms with Crippen LogP contribution in [0.3, 0.4) is 0 Å². The Labute approximate surface area is 246 Å². The zero-order valence-corrected chi connectivity index (χ0v) is 23.2. The molecule has 2 unspecified atom stereocenters. The van der Waals surface area contributed by atoms with Crippen LogP contribution in [0.25, 0.3) is 0 Å². The van der Waals surface area contributed by atoms with Gasteiger partial charge in [0, 0.05) is 37.3 Å². The van der Waals surface area contributed by atoms with E-state index in [1.165, 1.54) is 24.3 Å². The Bertz CT molecular complexity index is 1280. The number of hydrogen-bond donors (Lipinski definition) is 6. The largest absolute Gasteiger partial charge is 0.366 e. The van der Waals surface area contributed by atoms with Crippen LogP contribution in [-0.2, 0) is 47.0 Å². The molecule has 8 nitrogen and oxygen atoms in total. The molecule has 3 aromatic rings. The highest BCUT2D eigenvalue weighted by atomic mass is 35.5. The monoisotopic (exact) mass is 582 g/mol. The van der Waals surface area contributed by atoms with Gasteiger partial charge in [0.1, 0.15) is 0 Å². The van der Waals surface area contributed by atoms with Gasteiger partial charge in [0.05, 0.1) is 0 Å². The molecule has 0 bridgehead atoms. The van der Waals surface area contributed by atoms with Crippen LogP contribution in [0.4, 0.5) is 0 Å². The Kier molecular flexibility index (Phi) is 12.9. The number of nitrogens with one attached hydrogen (secondary N) is 2. The molecule has 0 aliphatic rings. The lowest BCUT2D eigenvalue weighted by Gasteiger charge is -2.29. The van der Waals surface area contributed by atoms with Crippen molar-refractivity contribution in [3.8, 4) is 24.7 Å². The number of nitrogens with two attached hydrogens (primary N) is 2. The summed E-state index contributed by atoms with van der Waals surface area (Å²) in [5, 5.41) is 27.8. The second-order valence-electron chi connectivity index (χ2n) is 8.66. The third kappa shape index (κ3) is 7.41. The highest BCUT2D eigenvalue weighted by Crippen LogP contribution is 2.32. The fraction of sp³-hybridized carbons (Fsp3) is 0.200. The van der Waals surface area contributed by atoms with Crippen molar-refractivity contribution in [1.82, 2.24) is 10.6 Å². The maximum absolute atomic E-state index is 13.1. The van der Waals surface area contributed by atoms with Crippen molar-refractivity contribution in [2.75, 3.05) is 0 Å². The van der Waals surface area contributed by atoms with Crippen molar-refractivity contribution < 1.29 is 19.8 Å². The van der Waals surface area contributed by atoms with E-state index in [-0.39, 0.29) is 49.0 Å². The van der Waals surface area contributed by atoms with Crippen LogP contribution in [0, 0.1) is 24.7 Å². The smallest absolute Gasteiger partial charge is 0.269 e. The summed E-state index contributed by atoms with van der Waals surface area (Å²) in [4.78, 5) is 26.3. The van der Waals surface area contributed by atoms with E-state index in [9.17, 15) is 19.8 Å². The van der Waals surface area contributed by atoms with Crippen LogP contribution >= 0.6 is 24.8 Å². The maximum atomic E-state index is 13.1. The molecule has 0 fully saturated rings. The number of aliphatic hydroxyl groups is 2. The van der Waals surface area contributed by atoms with Gasteiger partial charge in [-0.3, -0.25) is 9.59 Å². The topological polar surface area (TPSA) is 151 Å². The maximum Gasteiger partial charge on any atom is 0.269 e. The third-order valence-electron chi connectivity index (χ3n) is 6.21. The molecule has 0 radical (unpaired) electrons. The van der Waals surface area contributed by atoms with Crippen LogP contribution in [0.5, 0.6) is 0 Å². The van der Waals surface area contributed by atoms with Gasteiger partial charge in [-0.15, -0.1) is 37.7 Å². The molecule has 0 heterocycles. The van der Waals surface area contributed by atoms with Crippen molar-refractivity contribution in [3.05, 3.63) is 106 Å². The summed E-state index contributed by atoms with van der Waals surface area (Å²) in [6.45, 7) is 0.899. The molecule has 10 heteroatoms. The first-order valence-electron chi connectivity index (χ1n) is 11.8. The first-order valence-corrected chi connectivity index (χ1v) is 11.8. The predicted molar refractivity (Wildman–Crippen MR) is 159 cm³/mol. The zero-order valence-electron chi connectivity index (χ0n) is 21.6. The van der Waals surface area contributed by atoms with Crippen molar-refractivity contribution in [1.29, 1.82) is 0 Å². The third-order valence-corrected chi connectivity index (χ3v) is 6.21. The van der Waals surface area contributed by atoms with Crippen LogP contribution < -0.4 is 22.1 Å². The molecule has 2 atom stereocenters. The quantitative estimate of drug-likeness (QED) is 0.200. The zero-order chi connectivity index (χ0) is 27.8. The molecular weight excluding hydrogens is 551 g/mol. The second-order valence-corrected chi connectivity index (χ2v) is 8.66. The van der Waals surface area contributed by atoms with Crippen LogP contribution in [0.2, 0.25) is 0 Å². The van der Waals surface area contributed by atoms with E-state index < -0.39 is 23.0 Å². The highest BCUT2D eigenvalue weighted by molar-refractivity contribution is 5.94. The van der Waals surface area contributed by atoms with Gasteiger partial charge in [-0.2, -0.15) is 0 Å². The predicted octanol–water partition coefficient (Wildman–Crippen LogP) is 1.72. The van der Waals surface area contributed by atoms with E-state index in [0.717, 1.165) is 22.3 Å². The molecule has 0 aliphatic heterocycles. The Morgan fingerprint density at radius 3 is 1.23 bits per heavy atom. The van der Waals surface area contributed by atoms with Gasteiger partial charge in [-0.05, 0) is 22.3 Å². The van der Waals surface area contributed by atoms with Gasteiger partial charge < -0.3 is 32.3 Å². The molecule has 3 aromatic carbocycles. The first kappa shape index (κ1) is 34.2. The van der Waals surface area contributed by atoms with Crippen LogP contribution in [0.1, 0.15) is 33.4 Å². The van der Waals surface area contributed by atoms with Crippen molar-refractivity contribution in [2.45, 2.75) is 37.4 Å². The summed E-state index contributed by atoms with van der Waals surface area (Å²) < 4.78 is 0. The van der Waals surface area contributed by atoms with Gasteiger partial charge in [0.2, 0.25) is 11.2 Å². The van der Waals surface area contributed by atoms with Crippen LogP contribution in [0.15, 0.2) is 72.8 Å². The lowest BCUT2D eigenvalue weighted by Crippen LogP contribution is -2.48. The molecule has 40 heavy (non-hydrogen) atoms. The molecule has 2 amide bonds. The normalized spacial score (nSPS) is 13.1. The highest BCUT2D eigenvalue weighted by Gasteiger charge is 2.45. The minimum Gasteiger partial charge on any atom is -0.366 e. The van der Waals surface area contributed by atoms with Gasteiger partial charge in [0.15, 0.2) is 0 Å². The SMILES string of the molecule is C#CC(O)(C(=O)NCc1ccc(CN)cc1)c1ccccc1C(O)(C#C)C(=O)NCc1ccc(CN)cc1.Cl.Cl. The summed E-state index contributed by atoms with van der Waals surface area (Å²) in [6.07, 6.45) is 11.2. The van der Waals surface area contributed by atoms with Crippen molar-refractivity contribution in [2.24, 2.45) is 11.5 Å². The number of terminal acetylenes is 2. The van der Waals surface area contributed by atoms with Gasteiger partial charge in [-0.25, -0.2) is 0 Å². The number of halogens is 2.